The van der Waals surface area contributed by atoms with Gasteiger partial charge in [-0.1, -0.05) is 30.7 Å². The lowest BCUT2D eigenvalue weighted by Crippen LogP contribution is -2.33. The van der Waals surface area contributed by atoms with Crippen molar-refractivity contribution in [1.29, 1.82) is 0 Å². The number of hydrogen-bond donors (Lipinski definition) is 1. The molecule has 7 heteroatoms. The summed E-state index contributed by atoms with van der Waals surface area (Å²) in [7, 11) is -4.15. The van der Waals surface area contributed by atoms with Crippen LogP contribution in [0.1, 0.15) is 19.3 Å². The van der Waals surface area contributed by atoms with Crippen molar-refractivity contribution in [3.8, 4) is 16.9 Å². The van der Waals surface area contributed by atoms with Crippen molar-refractivity contribution in [2.75, 3.05) is 26.2 Å². The van der Waals surface area contributed by atoms with Crippen LogP contribution in [0.15, 0.2) is 53.4 Å². The summed E-state index contributed by atoms with van der Waals surface area (Å²) in [5, 5.41) is 0. The average molecular weight is 398 g/mol. The smallest absolute Gasteiger partial charge is 0.294 e. The molecule has 2 aromatic carbocycles. The second kappa shape index (κ2) is 9.37. The van der Waals surface area contributed by atoms with Crippen LogP contribution >= 0.6 is 12.4 Å². The predicted molar refractivity (Wildman–Crippen MR) is 105 cm³/mol. The molecule has 0 aliphatic carbocycles. The molecule has 0 radical (unpaired) electrons. The lowest BCUT2D eigenvalue weighted by Gasteiger charge is -2.26. The fourth-order valence-electron chi connectivity index (χ4n) is 3.04. The highest BCUT2D eigenvalue weighted by Crippen LogP contribution is 2.24. The number of nitrogens with zero attached hydrogens (tertiary/aromatic N) is 1. The first-order valence-corrected chi connectivity index (χ1v) is 9.99. The van der Waals surface area contributed by atoms with Gasteiger partial charge in [-0.25, -0.2) is 0 Å². The third-order valence-corrected chi connectivity index (χ3v) is 5.33. The van der Waals surface area contributed by atoms with Crippen molar-refractivity contribution in [2.45, 2.75) is 24.2 Å². The van der Waals surface area contributed by atoms with Gasteiger partial charge in [-0.3, -0.25) is 9.45 Å². The zero-order valence-electron chi connectivity index (χ0n) is 14.5. The van der Waals surface area contributed by atoms with Crippen molar-refractivity contribution < 1.29 is 17.7 Å². The molecule has 26 heavy (non-hydrogen) atoms. The summed E-state index contributed by atoms with van der Waals surface area (Å²) in [5.74, 6) is 0.829. The minimum absolute atomic E-state index is 0. The van der Waals surface area contributed by atoms with Gasteiger partial charge in [-0.15, -0.1) is 12.4 Å². The quantitative estimate of drug-likeness (QED) is 0.749. The molecule has 0 aromatic heterocycles. The molecule has 0 saturated carbocycles. The van der Waals surface area contributed by atoms with Crippen molar-refractivity contribution in [2.24, 2.45) is 0 Å². The van der Waals surface area contributed by atoms with E-state index in [9.17, 15) is 8.42 Å². The van der Waals surface area contributed by atoms with Crippen LogP contribution in [0.25, 0.3) is 11.1 Å². The Bertz CT molecular complexity index is 785. The molecule has 1 aliphatic rings. The molecule has 5 nitrogen and oxygen atoms in total. The zero-order valence-corrected chi connectivity index (χ0v) is 16.1. The molecule has 1 aliphatic heterocycles. The highest BCUT2D eigenvalue weighted by atomic mass is 35.5. The number of benzene rings is 2. The molecular formula is C19H24ClNO4S. The van der Waals surface area contributed by atoms with Crippen LogP contribution in [0, 0.1) is 0 Å². The summed E-state index contributed by atoms with van der Waals surface area (Å²) in [6.07, 6.45) is 3.90. The standard InChI is InChI=1S/C19H23NO4S.ClH/c21-25(22,23)19-10-6-17(7-11-19)16-4-8-18(9-5-16)24-15-14-20-12-2-1-3-13-20;/h4-11H,1-3,12-15H2,(H,21,22,23);1H. The van der Waals surface area contributed by atoms with E-state index >= 15 is 0 Å². The molecule has 0 atom stereocenters. The highest BCUT2D eigenvalue weighted by Gasteiger charge is 2.10. The first-order chi connectivity index (χ1) is 12.0. The Labute approximate surface area is 161 Å². The Morgan fingerprint density at radius 1 is 0.885 bits per heavy atom. The van der Waals surface area contributed by atoms with Gasteiger partial charge < -0.3 is 4.74 Å². The maximum Gasteiger partial charge on any atom is 0.294 e. The van der Waals surface area contributed by atoms with E-state index < -0.39 is 10.1 Å². The minimum atomic E-state index is -4.15. The fourth-order valence-corrected chi connectivity index (χ4v) is 3.52. The molecule has 1 saturated heterocycles. The Morgan fingerprint density at radius 3 is 1.96 bits per heavy atom. The Hall–Kier alpha value is -1.60. The van der Waals surface area contributed by atoms with Crippen molar-refractivity contribution in [3.63, 3.8) is 0 Å². The molecule has 1 N–H and O–H groups in total. The van der Waals surface area contributed by atoms with Crippen LogP contribution in [-0.2, 0) is 10.1 Å². The Balaban J connectivity index is 0.00000243. The van der Waals surface area contributed by atoms with Crippen molar-refractivity contribution in [3.05, 3.63) is 48.5 Å². The molecule has 0 spiro atoms. The number of hydrogen-bond acceptors (Lipinski definition) is 4. The van der Waals surface area contributed by atoms with Gasteiger partial charge in [0.15, 0.2) is 0 Å². The number of halogens is 1. The van der Waals surface area contributed by atoms with Crippen molar-refractivity contribution in [1.82, 2.24) is 4.90 Å². The second-order valence-corrected chi connectivity index (χ2v) is 7.70. The predicted octanol–water partition coefficient (Wildman–Crippen LogP) is 3.89. The van der Waals surface area contributed by atoms with Gasteiger partial charge in [0.25, 0.3) is 10.1 Å². The molecule has 3 rings (SSSR count). The van der Waals surface area contributed by atoms with Crippen LogP contribution < -0.4 is 4.74 Å². The second-order valence-electron chi connectivity index (χ2n) is 6.27. The number of rotatable bonds is 6. The molecule has 0 bridgehead atoms. The van der Waals surface area contributed by atoms with E-state index in [1.54, 1.807) is 12.1 Å². The van der Waals surface area contributed by atoms with E-state index in [4.69, 9.17) is 9.29 Å². The van der Waals surface area contributed by atoms with Gasteiger partial charge in [-0.2, -0.15) is 8.42 Å². The molecule has 0 unspecified atom stereocenters. The van der Waals surface area contributed by atoms with Gasteiger partial charge >= 0.3 is 0 Å². The maximum absolute atomic E-state index is 11.1. The van der Waals surface area contributed by atoms with Crippen LogP contribution in [0.5, 0.6) is 5.75 Å². The first kappa shape index (κ1) is 20.7. The SMILES string of the molecule is Cl.O=S(=O)(O)c1ccc(-c2ccc(OCCN3CCCCC3)cc2)cc1. The van der Waals surface area contributed by atoms with Gasteiger partial charge in [0.05, 0.1) is 4.90 Å². The minimum Gasteiger partial charge on any atom is -0.492 e. The lowest BCUT2D eigenvalue weighted by atomic mass is 10.1. The molecule has 1 heterocycles. The molecule has 2 aromatic rings. The lowest BCUT2D eigenvalue weighted by molar-refractivity contribution is 0.183. The average Bonchev–Trinajstić information content (AvgIpc) is 2.63. The van der Waals surface area contributed by atoms with Crippen LogP contribution in [0.2, 0.25) is 0 Å². The van der Waals surface area contributed by atoms with Crippen molar-refractivity contribution >= 4 is 22.5 Å². The van der Waals surface area contributed by atoms with E-state index in [0.717, 1.165) is 23.4 Å². The summed E-state index contributed by atoms with van der Waals surface area (Å²) in [6, 6.07) is 13.9. The van der Waals surface area contributed by atoms with E-state index in [0.29, 0.717) is 6.61 Å². The summed E-state index contributed by atoms with van der Waals surface area (Å²) < 4.78 is 37.0. The van der Waals surface area contributed by atoms with E-state index in [-0.39, 0.29) is 17.3 Å². The van der Waals surface area contributed by atoms with Gasteiger partial charge in [0.1, 0.15) is 12.4 Å². The van der Waals surface area contributed by atoms with E-state index in [1.165, 1.54) is 44.5 Å². The summed E-state index contributed by atoms with van der Waals surface area (Å²) in [4.78, 5) is 2.34. The van der Waals surface area contributed by atoms with Gasteiger partial charge in [0.2, 0.25) is 0 Å². The summed E-state index contributed by atoms with van der Waals surface area (Å²) >= 11 is 0. The normalized spacial score (nSPS) is 15.3. The summed E-state index contributed by atoms with van der Waals surface area (Å²) in [5.41, 5.74) is 1.84. The number of ether oxygens (including phenoxy) is 1. The number of piperidine rings is 1. The Kier molecular flexibility index (Phi) is 7.46. The van der Waals surface area contributed by atoms with Crippen LogP contribution in [-0.4, -0.2) is 44.1 Å². The Morgan fingerprint density at radius 2 is 1.42 bits per heavy atom. The van der Waals surface area contributed by atoms with Crippen LogP contribution in [0.4, 0.5) is 0 Å². The highest BCUT2D eigenvalue weighted by molar-refractivity contribution is 7.85. The zero-order chi connectivity index (χ0) is 17.7. The van der Waals surface area contributed by atoms with E-state index in [1.807, 2.05) is 24.3 Å². The van der Waals surface area contributed by atoms with E-state index in [2.05, 4.69) is 4.90 Å². The maximum atomic E-state index is 11.1. The molecule has 142 valence electrons. The molecular weight excluding hydrogens is 374 g/mol. The fraction of sp³-hybridized carbons (Fsp3) is 0.368. The first-order valence-electron chi connectivity index (χ1n) is 8.55. The third-order valence-electron chi connectivity index (χ3n) is 4.46. The summed E-state index contributed by atoms with van der Waals surface area (Å²) in [6.45, 7) is 3.98. The van der Waals surface area contributed by atoms with Gasteiger partial charge in [-0.05, 0) is 61.3 Å². The number of likely N-dealkylation sites (tertiary alicyclic amines) is 1. The largest absolute Gasteiger partial charge is 0.492 e. The molecule has 1 fully saturated rings. The third kappa shape index (κ3) is 5.71. The topological polar surface area (TPSA) is 66.8 Å². The molecule has 0 amide bonds. The van der Waals surface area contributed by atoms with Crippen LogP contribution in [0.3, 0.4) is 0 Å². The monoisotopic (exact) mass is 397 g/mol. The van der Waals surface area contributed by atoms with Gasteiger partial charge in [0, 0.05) is 6.54 Å².